The Labute approximate surface area is 183 Å². The van der Waals surface area contributed by atoms with Crippen LogP contribution in [0.25, 0.3) is 0 Å². The van der Waals surface area contributed by atoms with Crippen molar-refractivity contribution in [2.75, 3.05) is 7.11 Å². The van der Waals surface area contributed by atoms with E-state index in [1.165, 1.54) is 0 Å². The van der Waals surface area contributed by atoms with Crippen molar-refractivity contribution in [3.63, 3.8) is 0 Å². The van der Waals surface area contributed by atoms with Gasteiger partial charge >= 0.3 is 5.97 Å². The third-order valence-electron chi connectivity index (χ3n) is 6.12. The van der Waals surface area contributed by atoms with Crippen LogP contribution in [0.2, 0.25) is 0 Å². The second kappa shape index (κ2) is 7.34. The van der Waals surface area contributed by atoms with Gasteiger partial charge in [0.25, 0.3) is 0 Å². The standard InChI is InChI=1S/C26H28O5/c1-17-22(18-11-13-20(29-5)14-12-18)26(23(28)30-24(2,3)4)21(27)15-16-25(17,31-26)19-9-7-6-8-10-19/h6-14,22H,1,15-16H2,2-5H3/t22-,25+,26-/m0/s1. The third-order valence-corrected chi connectivity index (χ3v) is 6.12. The van der Waals surface area contributed by atoms with Crippen molar-refractivity contribution in [2.45, 2.75) is 56.3 Å². The summed E-state index contributed by atoms with van der Waals surface area (Å²) >= 11 is 0. The lowest BCUT2D eigenvalue weighted by molar-refractivity contribution is -0.201. The van der Waals surface area contributed by atoms with Gasteiger partial charge < -0.3 is 14.2 Å². The Hall–Kier alpha value is -2.92. The van der Waals surface area contributed by atoms with Gasteiger partial charge in [0.15, 0.2) is 5.78 Å². The molecule has 4 rings (SSSR count). The van der Waals surface area contributed by atoms with Gasteiger partial charge in [0, 0.05) is 6.42 Å². The van der Waals surface area contributed by atoms with E-state index < -0.39 is 28.7 Å². The molecule has 0 saturated carbocycles. The lowest BCUT2D eigenvalue weighted by Gasteiger charge is -2.39. The second-order valence-electron chi connectivity index (χ2n) is 9.19. The van der Waals surface area contributed by atoms with Crippen LogP contribution < -0.4 is 4.74 Å². The number of hydrogen-bond donors (Lipinski definition) is 0. The summed E-state index contributed by atoms with van der Waals surface area (Å²) < 4.78 is 17.6. The fourth-order valence-electron chi connectivity index (χ4n) is 4.74. The first kappa shape index (κ1) is 21.3. The van der Waals surface area contributed by atoms with Gasteiger partial charge in [-0.3, -0.25) is 4.79 Å². The first-order chi connectivity index (χ1) is 14.6. The van der Waals surface area contributed by atoms with Crippen molar-refractivity contribution in [3.8, 4) is 5.75 Å². The summed E-state index contributed by atoms with van der Waals surface area (Å²) in [6, 6.07) is 17.0. The monoisotopic (exact) mass is 420 g/mol. The summed E-state index contributed by atoms with van der Waals surface area (Å²) in [5, 5.41) is 0. The molecule has 0 aliphatic carbocycles. The molecule has 0 amide bonds. The molecule has 2 saturated heterocycles. The number of methoxy groups -OCH3 is 1. The molecule has 5 heteroatoms. The summed E-state index contributed by atoms with van der Waals surface area (Å²) in [5.74, 6) is -0.910. The summed E-state index contributed by atoms with van der Waals surface area (Å²) in [6.45, 7) is 9.74. The average Bonchev–Trinajstić information content (AvgIpc) is 2.97. The molecule has 3 atom stereocenters. The number of carbonyl (C=O) groups excluding carboxylic acids is 2. The highest BCUT2D eigenvalue weighted by Gasteiger charge is 2.70. The Morgan fingerprint density at radius 2 is 1.74 bits per heavy atom. The van der Waals surface area contributed by atoms with Crippen LogP contribution in [-0.2, 0) is 24.7 Å². The summed E-state index contributed by atoms with van der Waals surface area (Å²) in [4.78, 5) is 27.0. The number of esters is 1. The van der Waals surface area contributed by atoms with Gasteiger partial charge in [0.05, 0.1) is 13.0 Å². The maximum atomic E-state index is 13.6. The van der Waals surface area contributed by atoms with E-state index in [0.29, 0.717) is 17.7 Å². The lowest BCUT2D eigenvalue weighted by atomic mass is 9.75. The fraction of sp³-hybridized carbons (Fsp3) is 0.385. The summed E-state index contributed by atoms with van der Waals surface area (Å²) in [6.07, 6.45) is 0.645. The van der Waals surface area contributed by atoms with Crippen LogP contribution in [0.3, 0.4) is 0 Å². The molecule has 2 aliphatic heterocycles. The van der Waals surface area contributed by atoms with E-state index in [0.717, 1.165) is 11.1 Å². The van der Waals surface area contributed by atoms with Crippen molar-refractivity contribution in [3.05, 3.63) is 77.9 Å². The Balaban J connectivity index is 1.92. The van der Waals surface area contributed by atoms with Crippen molar-refractivity contribution in [1.82, 2.24) is 0 Å². The van der Waals surface area contributed by atoms with Crippen LogP contribution in [-0.4, -0.2) is 30.1 Å². The largest absolute Gasteiger partial charge is 0.497 e. The summed E-state index contributed by atoms with van der Waals surface area (Å²) in [5.41, 5.74) is -1.12. The zero-order valence-corrected chi connectivity index (χ0v) is 18.4. The SMILES string of the molecule is C=C1[C@@H](c2ccc(OC)cc2)[C@@]2(C(=O)OC(C)(C)C)O[C@]1(c1ccccc1)CCC2=O. The maximum Gasteiger partial charge on any atom is 0.347 e. The molecule has 0 N–H and O–H groups in total. The molecule has 2 heterocycles. The molecule has 2 aliphatic rings. The van der Waals surface area contributed by atoms with Crippen LogP contribution in [0.1, 0.15) is 50.7 Å². The van der Waals surface area contributed by atoms with Crippen LogP contribution in [0.5, 0.6) is 5.75 Å². The molecule has 162 valence electrons. The second-order valence-corrected chi connectivity index (χ2v) is 9.19. The van der Waals surface area contributed by atoms with Crippen molar-refractivity contribution >= 4 is 11.8 Å². The van der Waals surface area contributed by atoms with Crippen LogP contribution in [0.15, 0.2) is 66.7 Å². The predicted molar refractivity (Wildman–Crippen MR) is 117 cm³/mol. The lowest BCUT2D eigenvalue weighted by Crippen LogP contribution is -2.56. The Kier molecular flexibility index (Phi) is 5.05. The molecule has 0 spiro atoms. The molecule has 2 bridgehead atoms. The number of carbonyl (C=O) groups is 2. The number of Topliss-reactive ketones (excluding diaryl/α,β-unsaturated/α-hetero) is 1. The quantitative estimate of drug-likeness (QED) is 0.407. The molecule has 2 fully saturated rings. The molecule has 31 heavy (non-hydrogen) atoms. The van der Waals surface area contributed by atoms with Gasteiger partial charge in [-0.15, -0.1) is 0 Å². The highest BCUT2D eigenvalue weighted by Crippen LogP contribution is 2.61. The molecule has 0 aromatic heterocycles. The third kappa shape index (κ3) is 3.28. The Bertz CT molecular complexity index is 1020. The normalized spacial score (nSPS) is 27.8. The highest BCUT2D eigenvalue weighted by atomic mass is 16.6. The maximum absolute atomic E-state index is 13.6. The van der Waals surface area contributed by atoms with E-state index in [1.807, 2.05) is 54.6 Å². The van der Waals surface area contributed by atoms with E-state index in [-0.39, 0.29) is 12.2 Å². The topological polar surface area (TPSA) is 61.8 Å². The van der Waals surface area contributed by atoms with Gasteiger partial charge in [0.1, 0.15) is 17.0 Å². The van der Waals surface area contributed by atoms with E-state index in [2.05, 4.69) is 6.58 Å². The van der Waals surface area contributed by atoms with Crippen LogP contribution in [0, 0.1) is 0 Å². The minimum atomic E-state index is -1.77. The van der Waals surface area contributed by atoms with Crippen molar-refractivity contribution in [2.24, 2.45) is 0 Å². The molecule has 2 aromatic rings. The number of ether oxygens (including phenoxy) is 3. The highest BCUT2D eigenvalue weighted by molar-refractivity contribution is 6.10. The van der Waals surface area contributed by atoms with Crippen LogP contribution >= 0.6 is 0 Å². The van der Waals surface area contributed by atoms with Crippen molar-refractivity contribution in [1.29, 1.82) is 0 Å². The van der Waals surface area contributed by atoms with Gasteiger partial charge in [-0.1, -0.05) is 49.0 Å². The average molecular weight is 421 g/mol. The zero-order chi connectivity index (χ0) is 22.4. The van der Waals surface area contributed by atoms with Gasteiger partial charge in [0.2, 0.25) is 5.60 Å². The fourth-order valence-corrected chi connectivity index (χ4v) is 4.74. The van der Waals surface area contributed by atoms with Gasteiger partial charge in [-0.25, -0.2) is 4.79 Å². The molecular weight excluding hydrogens is 392 g/mol. The zero-order valence-electron chi connectivity index (χ0n) is 18.4. The number of fused-ring (bicyclic) bond motifs is 2. The minimum absolute atomic E-state index is 0.208. The molecule has 0 radical (unpaired) electrons. The number of hydrogen-bond acceptors (Lipinski definition) is 5. The van der Waals surface area contributed by atoms with E-state index >= 15 is 0 Å². The number of ketones is 1. The van der Waals surface area contributed by atoms with Crippen LogP contribution in [0.4, 0.5) is 0 Å². The first-order valence-electron chi connectivity index (χ1n) is 10.5. The predicted octanol–water partition coefficient (Wildman–Crippen LogP) is 4.70. The van der Waals surface area contributed by atoms with Gasteiger partial charge in [-0.2, -0.15) is 0 Å². The Morgan fingerprint density at radius 3 is 2.32 bits per heavy atom. The van der Waals surface area contributed by atoms with Crippen molar-refractivity contribution < 1.29 is 23.8 Å². The number of rotatable bonds is 4. The van der Waals surface area contributed by atoms with E-state index in [1.54, 1.807) is 27.9 Å². The van der Waals surface area contributed by atoms with E-state index in [4.69, 9.17) is 14.2 Å². The van der Waals surface area contributed by atoms with E-state index in [9.17, 15) is 9.59 Å². The first-order valence-corrected chi connectivity index (χ1v) is 10.5. The molecular formula is C26H28O5. The molecule has 5 nitrogen and oxygen atoms in total. The molecule has 0 unspecified atom stereocenters. The smallest absolute Gasteiger partial charge is 0.347 e. The minimum Gasteiger partial charge on any atom is -0.497 e. The molecule has 2 aromatic carbocycles. The van der Waals surface area contributed by atoms with Gasteiger partial charge in [-0.05, 0) is 56.0 Å². The summed E-state index contributed by atoms with van der Waals surface area (Å²) in [7, 11) is 1.59. The number of benzene rings is 2. The Morgan fingerprint density at radius 1 is 1.10 bits per heavy atom.